The van der Waals surface area contributed by atoms with Crippen LogP contribution in [0, 0.1) is 6.92 Å². The molecule has 0 aliphatic heterocycles. The molecule has 2 N–H and O–H groups in total. The molecule has 0 aliphatic carbocycles. The number of carbonyl (C=O) groups excluding carboxylic acids is 1. The standard InChI is InChI=1S/C20H25BrN2O4/c1-5-25-17-11-15(12-18(26-6-2)19(17)27-7-3)22-20(24)23-16-9-8-14(21)10-13(16)4/h8-12H,5-7H2,1-4H3,(H2,22,23,24). The minimum Gasteiger partial charge on any atom is -0.490 e. The molecule has 146 valence electrons. The van der Waals surface area contributed by atoms with E-state index in [9.17, 15) is 4.79 Å². The van der Waals surface area contributed by atoms with Gasteiger partial charge >= 0.3 is 6.03 Å². The lowest BCUT2D eigenvalue weighted by Gasteiger charge is -2.17. The number of benzene rings is 2. The summed E-state index contributed by atoms with van der Waals surface area (Å²) in [4.78, 5) is 12.4. The van der Waals surface area contributed by atoms with E-state index in [2.05, 4.69) is 26.6 Å². The van der Waals surface area contributed by atoms with Crippen LogP contribution in [0.3, 0.4) is 0 Å². The minimum absolute atomic E-state index is 0.352. The molecule has 2 aromatic rings. The van der Waals surface area contributed by atoms with E-state index in [-0.39, 0.29) is 6.03 Å². The summed E-state index contributed by atoms with van der Waals surface area (Å²) < 4.78 is 18.0. The lowest BCUT2D eigenvalue weighted by Crippen LogP contribution is -2.20. The molecule has 0 atom stereocenters. The molecule has 0 saturated carbocycles. The molecular formula is C20H25BrN2O4. The molecule has 0 unspecified atom stereocenters. The summed E-state index contributed by atoms with van der Waals surface area (Å²) in [5, 5.41) is 5.67. The molecule has 6 nitrogen and oxygen atoms in total. The average molecular weight is 437 g/mol. The molecule has 2 aromatic carbocycles. The van der Waals surface area contributed by atoms with Crippen LogP contribution in [0.15, 0.2) is 34.8 Å². The second-order valence-electron chi connectivity index (χ2n) is 5.64. The fourth-order valence-corrected chi connectivity index (χ4v) is 2.99. The van der Waals surface area contributed by atoms with Crippen LogP contribution in [0.5, 0.6) is 17.2 Å². The first-order valence-corrected chi connectivity index (χ1v) is 9.68. The largest absolute Gasteiger partial charge is 0.490 e. The summed E-state index contributed by atoms with van der Waals surface area (Å²) in [6.07, 6.45) is 0. The minimum atomic E-state index is -0.352. The number of amides is 2. The average Bonchev–Trinajstić information content (AvgIpc) is 2.61. The number of anilines is 2. The fourth-order valence-electron chi connectivity index (χ4n) is 2.51. The molecule has 2 amide bonds. The second-order valence-corrected chi connectivity index (χ2v) is 6.55. The number of hydrogen-bond acceptors (Lipinski definition) is 4. The van der Waals surface area contributed by atoms with E-state index in [0.29, 0.717) is 42.8 Å². The number of halogens is 1. The Labute approximate surface area is 168 Å². The molecule has 0 aromatic heterocycles. The third-order valence-electron chi connectivity index (χ3n) is 3.60. The zero-order valence-corrected chi connectivity index (χ0v) is 17.6. The molecular weight excluding hydrogens is 412 g/mol. The van der Waals surface area contributed by atoms with Crippen LogP contribution in [-0.4, -0.2) is 25.9 Å². The Bertz CT molecular complexity index is 769. The van der Waals surface area contributed by atoms with Crippen molar-refractivity contribution < 1.29 is 19.0 Å². The van der Waals surface area contributed by atoms with Gasteiger partial charge in [0.1, 0.15) is 0 Å². The summed E-state index contributed by atoms with van der Waals surface area (Å²) in [6.45, 7) is 9.02. The fraction of sp³-hybridized carbons (Fsp3) is 0.350. The molecule has 0 spiro atoms. The first-order valence-electron chi connectivity index (χ1n) is 8.89. The topological polar surface area (TPSA) is 68.8 Å². The van der Waals surface area contributed by atoms with Crippen molar-refractivity contribution in [2.45, 2.75) is 27.7 Å². The quantitative estimate of drug-likeness (QED) is 0.564. The van der Waals surface area contributed by atoms with E-state index in [0.717, 1.165) is 15.7 Å². The SMILES string of the molecule is CCOc1cc(NC(=O)Nc2ccc(Br)cc2C)cc(OCC)c1OCC. The molecule has 0 saturated heterocycles. The van der Waals surface area contributed by atoms with Crippen LogP contribution in [0.2, 0.25) is 0 Å². The van der Waals surface area contributed by atoms with E-state index in [4.69, 9.17) is 14.2 Å². The normalized spacial score (nSPS) is 10.3. The van der Waals surface area contributed by atoms with Gasteiger partial charge in [-0.25, -0.2) is 4.79 Å². The highest BCUT2D eigenvalue weighted by molar-refractivity contribution is 9.10. The van der Waals surface area contributed by atoms with E-state index >= 15 is 0 Å². The van der Waals surface area contributed by atoms with Crippen LogP contribution in [0.1, 0.15) is 26.3 Å². The Morgan fingerprint density at radius 2 is 1.52 bits per heavy atom. The van der Waals surface area contributed by atoms with Crippen molar-refractivity contribution in [1.29, 1.82) is 0 Å². The Kier molecular flexibility index (Phi) is 7.79. The van der Waals surface area contributed by atoms with Crippen LogP contribution in [0.25, 0.3) is 0 Å². The Morgan fingerprint density at radius 3 is 2.04 bits per heavy atom. The summed E-state index contributed by atoms with van der Waals surface area (Å²) in [6, 6.07) is 8.76. The third-order valence-corrected chi connectivity index (χ3v) is 4.10. The van der Waals surface area contributed by atoms with Gasteiger partial charge in [0.15, 0.2) is 11.5 Å². The number of carbonyl (C=O) groups is 1. The van der Waals surface area contributed by atoms with Crippen molar-refractivity contribution in [3.05, 3.63) is 40.4 Å². The van der Waals surface area contributed by atoms with Crippen molar-refractivity contribution in [3.63, 3.8) is 0 Å². The number of ether oxygens (including phenoxy) is 3. The first-order chi connectivity index (χ1) is 13.0. The number of hydrogen-bond donors (Lipinski definition) is 2. The highest BCUT2D eigenvalue weighted by Crippen LogP contribution is 2.40. The van der Waals surface area contributed by atoms with Gasteiger partial charge in [-0.3, -0.25) is 0 Å². The molecule has 2 rings (SSSR count). The monoisotopic (exact) mass is 436 g/mol. The predicted octanol–water partition coefficient (Wildman–Crippen LogP) is 5.60. The van der Waals surface area contributed by atoms with Crippen LogP contribution in [0.4, 0.5) is 16.2 Å². The van der Waals surface area contributed by atoms with Crippen LogP contribution in [-0.2, 0) is 0 Å². The summed E-state index contributed by atoms with van der Waals surface area (Å²) in [5.41, 5.74) is 2.24. The van der Waals surface area contributed by atoms with Gasteiger partial charge in [-0.05, 0) is 51.5 Å². The van der Waals surface area contributed by atoms with Crippen LogP contribution < -0.4 is 24.8 Å². The second kappa shape index (κ2) is 10.1. The predicted molar refractivity (Wildman–Crippen MR) is 111 cm³/mol. The van der Waals surface area contributed by atoms with Gasteiger partial charge in [-0.15, -0.1) is 0 Å². The summed E-state index contributed by atoms with van der Waals surface area (Å²) >= 11 is 3.41. The number of nitrogens with one attached hydrogen (secondary N) is 2. The lowest BCUT2D eigenvalue weighted by molar-refractivity contribution is 0.260. The van der Waals surface area contributed by atoms with Crippen molar-refractivity contribution in [3.8, 4) is 17.2 Å². The smallest absolute Gasteiger partial charge is 0.323 e. The Hall–Kier alpha value is -2.41. The van der Waals surface area contributed by atoms with Crippen molar-refractivity contribution in [2.75, 3.05) is 30.5 Å². The van der Waals surface area contributed by atoms with E-state index in [1.165, 1.54) is 0 Å². The summed E-state index contributed by atoms with van der Waals surface area (Å²) in [7, 11) is 0. The van der Waals surface area contributed by atoms with Crippen molar-refractivity contribution >= 4 is 33.3 Å². The molecule has 0 aliphatic rings. The van der Waals surface area contributed by atoms with Gasteiger partial charge < -0.3 is 24.8 Å². The molecule has 27 heavy (non-hydrogen) atoms. The highest BCUT2D eigenvalue weighted by atomic mass is 79.9. The lowest BCUT2D eigenvalue weighted by atomic mass is 10.2. The molecule has 0 radical (unpaired) electrons. The number of aryl methyl sites for hydroxylation is 1. The Balaban J connectivity index is 2.24. The maximum atomic E-state index is 12.4. The van der Waals surface area contributed by atoms with Gasteiger partial charge in [0.25, 0.3) is 0 Å². The van der Waals surface area contributed by atoms with Crippen molar-refractivity contribution in [1.82, 2.24) is 0 Å². The van der Waals surface area contributed by atoms with E-state index < -0.39 is 0 Å². The zero-order chi connectivity index (χ0) is 19.8. The van der Waals surface area contributed by atoms with E-state index in [1.807, 2.05) is 45.9 Å². The van der Waals surface area contributed by atoms with E-state index in [1.54, 1.807) is 12.1 Å². The van der Waals surface area contributed by atoms with Gasteiger partial charge in [0.05, 0.1) is 25.5 Å². The van der Waals surface area contributed by atoms with Crippen LogP contribution >= 0.6 is 15.9 Å². The molecule has 7 heteroatoms. The summed E-state index contributed by atoms with van der Waals surface area (Å²) in [5.74, 6) is 1.59. The van der Waals surface area contributed by atoms with Gasteiger partial charge in [0, 0.05) is 22.3 Å². The molecule has 0 heterocycles. The van der Waals surface area contributed by atoms with Gasteiger partial charge in [-0.1, -0.05) is 15.9 Å². The van der Waals surface area contributed by atoms with Crippen molar-refractivity contribution in [2.24, 2.45) is 0 Å². The maximum absolute atomic E-state index is 12.4. The first kappa shape index (κ1) is 20.9. The number of urea groups is 1. The number of rotatable bonds is 8. The zero-order valence-electron chi connectivity index (χ0n) is 16.0. The van der Waals surface area contributed by atoms with Gasteiger partial charge in [-0.2, -0.15) is 0 Å². The Morgan fingerprint density at radius 1 is 0.926 bits per heavy atom. The molecule has 0 bridgehead atoms. The molecule has 0 fully saturated rings. The highest BCUT2D eigenvalue weighted by Gasteiger charge is 2.16. The third kappa shape index (κ3) is 5.79. The maximum Gasteiger partial charge on any atom is 0.323 e. The van der Waals surface area contributed by atoms with Gasteiger partial charge in [0.2, 0.25) is 5.75 Å².